The normalized spacial score (nSPS) is 18.7. The molecular formula is C36H38ClN7O5. The van der Waals surface area contributed by atoms with Crippen LogP contribution in [0.1, 0.15) is 63.1 Å². The first-order valence-corrected chi connectivity index (χ1v) is 17.0. The van der Waals surface area contributed by atoms with Gasteiger partial charge in [0.2, 0.25) is 0 Å². The summed E-state index contributed by atoms with van der Waals surface area (Å²) in [6, 6.07) is 16.7. The lowest BCUT2D eigenvalue weighted by Crippen LogP contribution is -2.32. The van der Waals surface area contributed by atoms with Crippen LogP contribution in [0.2, 0.25) is 5.02 Å². The number of aromatic nitrogens is 3. The molecule has 2 atom stereocenters. The second kappa shape index (κ2) is 14.1. The fraction of sp³-hybridized carbons (Fsp3) is 0.361. The van der Waals surface area contributed by atoms with E-state index in [9.17, 15) is 19.5 Å². The number of carbonyl (C=O) groups excluding carboxylic acids is 2. The molecule has 0 aliphatic carbocycles. The van der Waals surface area contributed by atoms with Crippen molar-refractivity contribution in [2.45, 2.75) is 44.8 Å². The number of aliphatic hydroxyl groups is 1. The molecule has 0 spiro atoms. The molecule has 0 radical (unpaired) electrons. The quantitative estimate of drug-likeness (QED) is 0.179. The highest BCUT2D eigenvalue weighted by atomic mass is 35.5. The summed E-state index contributed by atoms with van der Waals surface area (Å²) in [7, 11) is 0. The third-order valence-corrected chi connectivity index (χ3v) is 10.1. The summed E-state index contributed by atoms with van der Waals surface area (Å²) >= 11 is 6.93. The molecule has 4 N–H and O–H groups in total. The molecule has 13 heteroatoms. The maximum absolute atomic E-state index is 14.0. The predicted octanol–water partition coefficient (Wildman–Crippen LogP) is 4.38. The maximum Gasteiger partial charge on any atom is 0.307 e. The zero-order chi connectivity index (χ0) is 34.1. The van der Waals surface area contributed by atoms with Gasteiger partial charge in [0.15, 0.2) is 5.69 Å². The summed E-state index contributed by atoms with van der Waals surface area (Å²) < 4.78 is 1.92. The van der Waals surface area contributed by atoms with E-state index in [1.54, 1.807) is 23.2 Å². The summed E-state index contributed by atoms with van der Waals surface area (Å²) in [5.74, 6) is -1.67. The molecule has 1 fully saturated rings. The zero-order valence-corrected chi connectivity index (χ0v) is 27.7. The minimum atomic E-state index is -0.754. The number of benzene rings is 2. The molecule has 3 aliphatic heterocycles. The molecule has 254 valence electrons. The number of likely N-dealkylation sites (tertiary alicyclic amines) is 1. The van der Waals surface area contributed by atoms with E-state index in [0.717, 1.165) is 59.6 Å². The number of carboxylic acids is 1. The Morgan fingerprint density at radius 3 is 2.59 bits per heavy atom. The number of rotatable bonds is 10. The van der Waals surface area contributed by atoms with E-state index >= 15 is 0 Å². The van der Waals surface area contributed by atoms with Crippen molar-refractivity contribution in [2.75, 3.05) is 43.0 Å². The lowest BCUT2D eigenvalue weighted by Gasteiger charge is -2.31. The number of aryl methyl sites for hydroxylation is 1. The van der Waals surface area contributed by atoms with Crippen LogP contribution in [0.25, 0.3) is 11.1 Å². The molecule has 3 aliphatic rings. The summed E-state index contributed by atoms with van der Waals surface area (Å²) in [5.41, 5.74) is 6.38. The molecule has 4 aromatic rings. The highest BCUT2D eigenvalue weighted by Gasteiger charge is 2.37. The SMILES string of the molecule is O=C(Nc1cccc(-c2cccc3c2CCN3C(=O)c2cc3n(n2)CCCC3N2CC[C@@H](C(=O)O)C2)c1Cl)c1ccc(CNCCO)cn1. The molecule has 2 amide bonds. The number of fused-ring (bicyclic) bond motifs is 2. The molecule has 1 saturated heterocycles. The number of nitrogens with one attached hydrogen (secondary N) is 2. The monoisotopic (exact) mass is 683 g/mol. The molecule has 7 rings (SSSR count). The average Bonchev–Trinajstić information content (AvgIpc) is 3.88. The first kappa shape index (κ1) is 32.9. The van der Waals surface area contributed by atoms with Gasteiger partial charge in [-0.3, -0.25) is 28.9 Å². The van der Waals surface area contributed by atoms with Crippen molar-refractivity contribution in [1.82, 2.24) is 25.0 Å². The van der Waals surface area contributed by atoms with Crippen LogP contribution in [-0.2, 0) is 24.3 Å². The van der Waals surface area contributed by atoms with Crippen LogP contribution in [0.3, 0.4) is 0 Å². The highest BCUT2D eigenvalue weighted by molar-refractivity contribution is 6.36. The molecule has 5 heterocycles. The van der Waals surface area contributed by atoms with Crippen LogP contribution in [0.4, 0.5) is 11.4 Å². The van der Waals surface area contributed by atoms with Crippen molar-refractivity contribution in [3.63, 3.8) is 0 Å². The third-order valence-electron chi connectivity index (χ3n) is 9.71. The van der Waals surface area contributed by atoms with Crippen molar-refractivity contribution < 1.29 is 24.6 Å². The van der Waals surface area contributed by atoms with Crippen molar-refractivity contribution in [2.24, 2.45) is 5.92 Å². The topological polar surface area (TPSA) is 153 Å². The molecule has 0 bridgehead atoms. The number of nitrogens with zero attached hydrogens (tertiary/aromatic N) is 5. The van der Waals surface area contributed by atoms with Gasteiger partial charge >= 0.3 is 5.97 Å². The van der Waals surface area contributed by atoms with Gasteiger partial charge < -0.3 is 25.7 Å². The van der Waals surface area contributed by atoms with Gasteiger partial charge in [-0.05, 0) is 73.2 Å². The number of aliphatic hydroxyl groups excluding tert-OH is 1. The van der Waals surface area contributed by atoms with E-state index in [1.165, 1.54) is 0 Å². The van der Waals surface area contributed by atoms with Gasteiger partial charge in [-0.2, -0.15) is 5.10 Å². The Kier molecular flexibility index (Phi) is 9.46. The van der Waals surface area contributed by atoms with Gasteiger partial charge in [0.1, 0.15) is 5.69 Å². The van der Waals surface area contributed by atoms with E-state index in [2.05, 4.69) is 20.5 Å². The van der Waals surface area contributed by atoms with Crippen molar-refractivity contribution in [1.29, 1.82) is 0 Å². The number of carbonyl (C=O) groups is 3. The number of halogens is 1. The van der Waals surface area contributed by atoms with E-state index in [-0.39, 0.29) is 36.1 Å². The molecule has 1 unspecified atom stereocenters. The largest absolute Gasteiger partial charge is 0.481 e. The van der Waals surface area contributed by atoms with E-state index in [0.29, 0.717) is 55.4 Å². The van der Waals surface area contributed by atoms with E-state index in [1.807, 2.05) is 47.1 Å². The number of carboxylic acid groups (broad SMARTS) is 1. The lowest BCUT2D eigenvalue weighted by molar-refractivity contribution is -0.141. The van der Waals surface area contributed by atoms with Crippen LogP contribution in [-0.4, -0.2) is 80.4 Å². The second-order valence-corrected chi connectivity index (χ2v) is 13.1. The Morgan fingerprint density at radius 2 is 1.82 bits per heavy atom. The third kappa shape index (κ3) is 6.56. The Morgan fingerprint density at radius 1 is 0.980 bits per heavy atom. The Balaban J connectivity index is 1.09. The van der Waals surface area contributed by atoms with Crippen molar-refractivity contribution in [3.05, 3.63) is 94.0 Å². The summed E-state index contributed by atoms with van der Waals surface area (Å²) in [6.07, 6.45) is 4.72. The Labute approximate surface area is 288 Å². The smallest absolute Gasteiger partial charge is 0.307 e. The number of hydrogen-bond acceptors (Lipinski definition) is 8. The lowest BCUT2D eigenvalue weighted by atomic mass is 9.97. The van der Waals surface area contributed by atoms with Crippen molar-refractivity contribution in [3.8, 4) is 11.1 Å². The van der Waals surface area contributed by atoms with Gasteiger partial charge in [0, 0.05) is 50.2 Å². The van der Waals surface area contributed by atoms with Gasteiger partial charge in [-0.25, -0.2) is 0 Å². The zero-order valence-electron chi connectivity index (χ0n) is 26.9. The van der Waals surface area contributed by atoms with Gasteiger partial charge in [-0.1, -0.05) is 41.9 Å². The Bertz CT molecular complexity index is 1900. The molecule has 2 aromatic heterocycles. The van der Waals surface area contributed by atoms with Gasteiger partial charge in [-0.15, -0.1) is 0 Å². The minimum absolute atomic E-state index is 0.0441. The second-order valence-electron chi connectivity index (χ2n) is 12.7. The van der Waals surface area contributed by atoms with Gasteiger partial charge in [0.25, 0.3) is 11.8 Å². The highest BCUT2D eigenvalue weighted by Crippen LogP contribution is 2.42. The first-order chi connectivity index (χ1) is 23.8. The van der Waals surface area contributed by atoms with Crippen LogP contribution in [0.15, 0.2) is 60.8 Å². The number of aliphatic carboxylic acids is 1. The van der Waals surface area contributed by atoms with Crippen LogP contribution in [0.5, 0.6) is 0 Å². The van der Waals surface area contributed by atoms with Crippen LogP contribution in [0, 0.1) is 5.92 Å². The first-order valence-electron chi connectivity index (χ1n) is 16.7. The standard InChI is InChI=1S/C36H38ClN7O5/c37-33-26(5-1-6-27(33)40-34(46)28-10-9-22(20-39-28)19-38-13-17-45)24-4-2-7-30-25(24)12-16-43(30)35(47)29-18-32-31(8-3-14-44(32)41-29)42-15-11-23(21-42)36(48)49/h1-2,4-7,9-10,18,20,23,31,38,45H,3,8,11-17,19,21H2,(H,40,46)(H,48,49)/t23-,31?/m1/s1. The van der Waals surface area contributed by atoms with Gasteiger partial charge in [0.05, 0.1) is 35.0 Å². The summed E-state index contributed by atoms with van der Waals surface area (Å²) in [5, 5.41) is 29.5. The van der Waals surface area contributed by atoms with E-state index in [4.69, 9.17) is 21.8 Å². The van der Waals surface area contributed by atoms with E-state index < -0.39 is 5.97 Å². The molecule has 12 nitrogen and oxygen atoms in total. The number of anilines is 2. The molecule has 49 heavy (non-hydrogen) atoms. The summed E-state index contributed by atoms with van der Waals surface area (Å²) in [4.78, 5) is 46.9. The number of hydrogen-bond donors (Lipinski definition) is 4. The molecular weight excluding hydrogens is 646 g/mol. The summed E-state index contributed by atoms with van der Waals surface area (Å²) in [6.45, 7) is 3.51. The fourth-order valence-electron chi connectivity index (χ4n) is 7.24. The Hall–Kier alpha value is -4.62. The fourth-order valence-corrected chi connectivity index (χ4v) is 7.52. The average molecular weight is 684 g/mol. The minimum Gasteiger partial charge on any atom is -0.481 e. The number of amides is 2. The number of pyridine rings is 1. The van der Waals surface area contributed by atoms with Crippen molar-refractivity contribution >= 4 is 40.8 Å². The maximum atomic E-state index is 14.0. The van der Waals surface area contributed by atoms with Crippen LogP contribution >= 0.6 is 11.6 Å². The molecule has 0 saturated carbocycles. The van der Waals surface area contributed by atoms with Crippen LogP contribution < -0.4 is 15.5 Å². The molecule has 2 aromatic carbocycles. The predicted molar refractivity (Wildman–Crippen MR) is 185 cm³/mol.